The molecule has 2 saturated carbocycles. The highest BCUT2D eigenvalue weighted by Crippen LogP contribution is 2.43. The lowest BCUT2D eigenvalue weighted by atomic mass is 9.83. The van der Waals surface area contributed by atoms with Gasteiger partial charge in [-0.1, -0.05) is 12.8 Å². The molecule has 2 atom stereocenters. The molecule has 2 unspecified atom stereocenters. The molecule has 1 aliphatic heterocycles. The van der Waals surface area contributed by atoms with Crippen molar-refractivity contribution in [3.8, 4) is 0 Å². The van der Waals surface area contributed by atoms with Crippen molar-refractivity contribution < 1.29 is 13.2 Å². The molecule has 0 bridgehead atoms. The van der Waals surface area contributed by atoms with Crippen molar-refractivity contribution >= 4 is 10.0 Å². The fourth-order valence-corrected chi connectivity index (χ4v) is 5.09. The zero-order chi connectivity index (χ0) is 14.7. The van der Waals surface area contributed by atoms with Crippen LogP contribution in [0.2, 0.25) is 0 Å². The third-order valence-corrected chi connectivity index (χ3v) is 7.03. The van der Waals surface area contributed by atoms with Gasteiger partial charge in [-0.15, -0.1) is 0 Å². The second-order valence-corrected chi connectivity index (χ2v) is 8.83. The second kappa shape index (κ2) is 6.94. The van der Waals surface area contributed by atoms with Gasteiger partial charge in [0.2, 0.25) is 10.0 Å². The summed E-state index contributed by atoms with van der Waals surface area (Å²) >= 11 is 0. The summed E-state index contributed by atoms with van der Waals surface area (Å²) in [5.74, 6) is 2.09. The Balaban J connectivity index is 1.40. The molecule has 0 spiro atoms. The molecule has 0 aromatic heterocycles. The smallest absolute Gasteiger partial charge is 0.215 e. The lowest BCUT2D eigenvalue weighted by molar-refractivity contribution is 0.0730. The Kier molecular flexibility index (Phi) is 5.19. The van der Waals surface area contributed by atoms with Gasteiger partial charge in [0.1, 0.15) is 0 Å². The molecule has 3 fully saturated rings. The molecule has 1 N–H and O–H groups in total. The highest BCUT2D eigenvalue weighted by atomic mass is 32.2. The van der Waals surface area contributed by atoms with E-state index in [9.17, 15) is 8.42 Å². The predicted molar refractivity (Wildman–Crippen MR) is 82.7 cm³/mol. The first-order chi connectivity index (χ1) is 10.1. The number of sulfonamides is 1. The molecule has 1 saturated heterocycles. The number of nitrogens with one attached hydrogen (secondary N) is 1. The van der Waals surface area contributed by atoms with Crippen LogP contribution < -0.4 is 5.32 Å². The zero-order valence-electron chi connectivity index (χ0n) is 12.8. The van der Waals surface area contributed by atoms with Crippen LogP contribution in [-0.4, -0.2) is 57.4 Å². The zero-order valence-corrected chi connectivity index (χ0v) is 13.6. The SMILES string of the molecule is O=S(=O)(CCNC1CCCC(C2CC2)C1)N1CCOCC1. The van der Waals surface area contributed by atoms with Gasteiger partial charge in [-0.3, -0.25) is 0 Å². The molecule has 0 aromatic rings. The van der Waals surface area contributed by atoms with Crippen molar-refractivity contribution in [2.45, 2.75) is 44.6 Å². The minimum Gasteiger partial charge on any atom is -0.379 e. The first-order valence-corrected chi connectivity index (χ1v) is 10.0. The second-order valence-electron chi connectivity index (χ2n) is 6.74. The standard InChI is InChI=1S/C15H28N2O3S/c18-21(19,17-7-9-20-10-8-17)11-6-16-15-3-1-2-14(12-15)13-4-5-13/h13-16H,1-12H2. The maximum absolute atomic E-state index is 12.2. The Morgan fingerprint density at radius 1 is 1.05 bits per heavy atom. The number of ether oxygens (including phenoxy) is 1. The summed E-state index contributed by atoms with van der Waals surface area (Å²) < 4.78 is 31.3. The number of nitrogens with zero attached hydrogens (tertiary/aromatic N) is 1. The van der Waals surface area contributed by atoms with Crippen molar-refractivity contribution in [1.82, 2.24) is 9.62 Å². The summed E-state index contributed by atoms with van der Waals surface area (Å²) in [4.78, 5) is 0. The fourth-order valence-electron chi connectivity index (χ4n) is 3.75. The normalized spacial score (nSPS) is 32.2. The third-order valence-electron chi connectivity index (χ3n) is 5.16. The predicted octanol–water partition coefficient (Wildman–Crippen LogP) is 1.21. The first kappa shape index (κ1) is 15.7. The molecule has 1 heterocycles. The quantitative estimate of drug-likeness (QED) is 0.800. The van der Waals surface area contributed by atoms with Crippen molar-refractivity contribution in [2.24, 2.45) is 11.8 Å². The van der Waals surface area contributed by atoms with Gasteiger partial charge in [-0.2, -0.15) is 4.31 Å². The summed E-state index contributed by atoms with van der Waals surface area (Å²) in [6.45, 7) is 2.66. The van der Waals surface area contributed by atoms with Crippen LogP contribution >= 0.6 is 0 Å². The van der Waals surface area contributed by atoms with E-state index in [4.69, 9.17) is 4.74 Å². The maximum atomic E-state index is 12.2. The van der Waals surface area contributed by atoms with Gasteiger partial charge in [-0.25, -0.2) is 8.42 Å². The molecule has 2 aliphatic carbocycles. The molecule has 3 rings (SSSR count). The van der Waals surface area contributed by atoms with Crippen LogP contribution in [0.15, 0.2) is 0 Å². The molecular formula is C15H28N2O3S. The van der Waals surface area contributed by atoms with E-state index in [0.29, 0.717) is 38.9 Å². The van der Waals surface area contributed by atoms with Crippen LogP contribution in [0, 0.1) is 11.8 Å². The summed E-state index contributed by atoms with van der Waals surface area (Å²) in [7, 11) is -3.11. The van der Waals surface area contributed by atoms with Crippen LogP contribution in [0.25, 0.3) is 0 Å². The monoisotopic (exact) mass is 316 g/mol. The highest BCUT2D eigenvalue weighted by molar-refractivity contribution is 7.89. The van der Waals surface area contributed by atoms with Gasteiger partial charge in [0, 0.05) is 25.7 Å². The summed E-state index contributed by atoms with van der Waals surface area (Å²) in [6, 6.07) is 0.532. The topological polar surface area (TPSA) is 58.6 Å². The molecule has 0 amide bonds. The van der Waals surface area contributed by atoms with Gasteiger partial charge in [-0.05, 0) is 37.5 Å². The minimum atomic E-state index is -3.11. The van der Waals surface area contributed by atoms with E-state index in [2.05, 4.69) is 5.32 Å². The van der Waals surface area contributed by atoms with Crippen LogP contribution in [0.3, 0.4) is 0 Å². The van der Waals surface area contributed by atoms with E-state index in [-0.39, 0.29) is 5.75 Å². The molecular weight excluding hydrogens is 288 g/mol. The van der Waals surface area contributed by atoms with E-state index in [1.165, 1.54) is 38.5 Å². The van der Waals surface area contributed by atoms with Gasteiger partial charge < -0.3 is 10.1 Å². The number of rotatable bonds is 6. The van der Waals surface area contributed by atoms with E-state index >= 15 is 0 Å². The number of hydrogen-bond donors (Lipinski definition) is 1. The molecule has 122 valence electrons. The van der Waals surface area contributed by atoms with Gasteiger partial charge in [0.05, 0.1) is 19.0 Å². The Labute approximate surface area is 128 Å². The molecule has 0 aromatic carbocycles. The Bertz CT molecular complexity index is 430. The lowest BCUT2D eigenvalue weighted by Gasteiger charge is -2.30. The fraction of sp³-hybridized carbons (Fsp3) is 1.00. The van der Waals surface area contributed by atoms with Crippen LogP contribution in [0.5, 0.6) is 0 Å². The lowest BCUT2D eigenvalue weighted by Crippen LogP contribution is -2.44. The van der Waals surface area contributed by atoms with Crippen LogP contribution in [0.4, 0.5) is 0 Å². The van der Waals surface area contributed by atoms with Crippen molar-refractivity contribution in [3.63, 3.8) is 0 Å². The van der Waals surface area contributed by atoms with Crippen molar-refractivity contribution in [2.75, 3.05) is 38.6 Å². The summed E-state index contributed by atoms with van der Waals surface area (Å²) in [5.41, 5.74) is 0. The molecule has 6 heteroatoms. The van der Waals surface area contributed by atoms with Crippen molar-refractivity contribution in [3.05, 3.63) is 0 Å². The molecule has 5 nitrogen and oxygen atoms in total. The highest BCUT2D eigenvalue weighted by Gasteiger charge is 2.34. The average Bonchev–Trinajstić information content (AvgIpc) is 3.33. The van der Waals surface area contributed by atoms with E-state index < -0.39 is 10.0 Å². The summed E-state index contributed by atoms with van der Waals surface area (Å²) in [6.07, 6.45) is 7.98. The van der Waals surface area contributed by atoms with Gasteiger partial charge >= 0.3 is 0 Å². The minimum absolute atomic E-state index is 0.220. The summed E-state index contributed by atoms with van der Waals surface area (Å²) in [5, 5.41) is 3.49. The third kappa shape index (κ3) is 4.41. The van der Waals surface area contributed by atoms with Crippen LogP contribution in [-0.2, 0) is 14.8 Å². The van der Waals surface area contributed by atoms with Gasteiger partial charge in [0.15, 0.2) is 0 Å². The average molecular weight is 316 g/mol. The number of morpholine rings is 1. The Morgan fingerprint density at radius 2 is 1.81 bits per heavy atom. The largest absolute Gasteiger partial charge is 0.379 e. The number of hydrogen-bond acceptors (Lipinski definition) is 4. The van der Waals surface area contributed by atoms with Gasteiger partial charge in [0.25, 0.3) is 0 Å². The Morgan fingerprint density at radius 3 is 2.52 bits per heavy atom. The molecule has 0 radical (unpaired) electrons. The molecule has 3 aliphatic rings. The van der Waals surface area contributed by atoms with Crippen LogP contribution in [0.1, 0.15) is 38.5 Å². The Hall–Kier alpha value is -0.170. The van der Waals surface area contributed by atoms with E-state index in [0.717, 1.165) is 11.8 Å². The van der Waals surface area contributed by atoms with E-state index in [1.54, 1.807) is 4.31 Å². The van der Waals surface area contributed by atoms with Crippen molar-refractivity contribution in [1.29, 1.82) is 0 Å². The maximum Gasteiger partial charge on any atom is 0.215 e. The first-order valence-electron chi connectivity index (χ1n) is 8.44. The van der Waals surface area contributed by atoms with E-state index in [1.807, 2.05) is 0 Å². The molecule has 21 heavy (non-hydrogen) atoms.